The van der Waals surface area contributed by atoms with Crippen LogP contribution in [0.3, 0.4) is 0 Å². The molecule has 0 bridgehead atoms. The minimum atomic E-state index is 0.645. The van der Waals surface area contributed by atoms with E-state index in [0.29, 0.717) is 5.95 Å². The third-order valence-corrected chi connectivity index (χ3v) is 3.12. The van der Waals surface area contributed by atoms with E-state index in [9.17, 15) is 0 Å². The van der Waals surface area contributed by atoms with Gasteiger partial charge in [0, 0.05) is 31.5 Å². The first kappa shape index (κ1) is 13.3. The zero-order valence-corrected chi connectivity index (χ0v) is 12.2. The highest BCUT2D eigenvalue weighted by Gasteiger charge is 2.10. The second kappa shape index (κ2) is 5.26. The van der Waals surface area contributed by atoms with Crippen molar-refractivity contribution >= 4 is 17.5 Å². The lowest BCUT2D eigenvalue weighted by molar-refractivity contribution is 1.04. The standard InChI is InChI=1S/C15H20N4/c1-10-6-7-13(11(2)8-10)19(5)14-9-12(3)17-15(16-4)18-14/h6-9H,1-5H3,(H,16,17,18). The molecule has 2 rings (SSSR count). The van der Waals surface area contributed by atoms with Crippen molar-refractivity contribution in [3.63, 3.8) is 0 Å². The number of aryl methyl sites for hydroxylation is 3. The molecule has 0 saturated heterocycles. The Labute approximate surface area is 114 Å². The molecule has 1 heterocycles. The van der Waals surface area contributed by atoms with E-state index in [2.05, 4.69) is 52.2 Å². The number of anilines is 3. The summed E-state index contributed by atoms with van der Waals surface area (Å²) in [5.41, 5.74) is 4.62. The molecule has 0 aliphatic carbocycles. The Hall–Kier alpha value is -2.10. The maximum absolute atomic E-state index is 4.50. The molecule has 100 valence electrons. The van der Waals surface area contributed by atoms with E-state index in [1.807, 2.05) is 27.1 Å². The first-order chi connectivity index (χ1) is 9.01. The summed E-state index contributed by atoms with van der Waals surface area (Å²) in [7, 11) is 3.86. The van der Waals surface area contributed by atoms with Crippen molar-refractivity contribution in [2.24, 2.45) is 0 Å². The van der Waals surface area contributed by atoms with E-state index in [1.54, 1.807) is 0 Å². The van der Waals surface area contributed by atoms with Crippen molar-refractivity contribution in [1.29, 1.82) is 0 Å². The number of hydrogen-bond donors (Lipinski definition) is 1. The predicted octanol–water partition coefficient (Wildman–Crippen LogP) is 3.21. The first-order valence-electron chi connectivity index (χ1n) is 6.35. The molecule has 1 aromatic carbocycles. The molecule has 0 saturated carbocycles. The zero-order valence-electron chi connectivity index (χ0n) is 12.2. The summed E-state index contributed by atoms with van der Waals surface area (Å²) < 4.78 is 0. The van der Waals surface area contributed by atoms with E-state index in [-0.39, 0.29) is 0 Å². The van der Waals surface area contributed by atoms with Gasteiger partial charge in [-0.1, -0.05) is 17.7 Å². The molecular weight excluding hydrogens is 236 g/mol. The number of aromatic nitrogens is 2. The highest BCUT2D eigenvalue weighted by Crippen LogP contribution is 2.26. The summed E-state index contributed by atoms with van der Waals surface area (Å²) in [5.74, 6) is 1.54. The van der Waals surface area contributed by atoms with Gasteiger partial charge in [0.15, 0.2) is 0 Å². The minimum Gasteiger partial charge on any atom is -0.357 e. The van der Waals surface area contributed by atoms with Crippen molar-refractivity contribution in [3.8, 4) is 0 Å². The fourth-order valence-corrected chi connectivity index (χ4v) is 2.14. The molecule has 0 amide bonds. The van der Waals surface area contributed by atoms with Gasteiger partial charge in [-0.2, -0.15) is 4.98 Å². The van der Waals surface area contributed by atoms with Crippen LogP contribution in [0.4, 0.5) is 17.5 Å². The average Bonchev–Trinajstić information content (AvgIpc) is 2.37. The van der Waals surface area contributed by atoms with E-state index in [4.69, 9.17) is 0 Å². The Kier molecular flexibility index (Phi) is 3.69. The molecule has 0 unspecified atom stereocenters. The smallest absolute Gasteiger partial charge is 0.224 e. The molecule has 0 aliphatic heterocycles. The van der Waals surface area contributed by atoms with Gasteiger partial charge >= 0.3 is 0 Å². The molecule has 19 heavy (non-hydrogen) atoms. The van der Waals surface area contributed by atoms with E-state index in [1.165, 1.54) is 11.1 Å². The first-order valence-corrected chi connectivity index (χ1v) is 6.35. The van der Waals surface area contributed by atoms with Crippen LogP contribution in [0, 0.1) is 20.8 Å². The van der Waals surface area contributed by atoms with Crippen molar-refractivity contribution in [2.75, 3.05) is 24.3 Å². The fourth-order valence-electron chi connectivity index (χ4n) is 2.14. The van der Waals surface area contributed by atoms with Crippen LogP contribution in [-0.4, -0.2) is 24.1 Å². The number of rotatable bonds is 3. The quantitative estimate of drug-likeness (QED) is 0.915. The predicted molar refractivity (Wildman–Crippen MR) is 80.3 cm³/mol. The van der Waals surface area contributed by atoms with Gasteiger partial charge in [0.1, 0.15) is 5.82 Å². The zero-order chi connectivity index (χ0) is 14.0. The Bertz CT molecular complexity index is 593. The summed E-state index contributed by atoms with van der Waals surface area (Å²) >= 11 is 0. The van der Waals surface area contributed by atoms with Crippen LogP contribution in [0.2, 0.25) is 0 Å². The van der Waals surface area contributed by atoms with Crippen LogP contribution in [0.5, 0.6) is 0 Å². The molecule has 1 N–H and O–H groups in total. The summed E-state index contributed by atoms with van der Waals surface area (Å²) in [6.45, 7) is 6.19. The van der Waals surface area contributed by atoms with Crippen LogP contribution < -0.4 is 10.2 Å². The second-order valence-corrected chi connectivity index (χ2v) is 4.79. The SMILES string of the molecule is CNc1nc(C)cc(N(C)c2ccc(C)cc2C)n1. The van der Waals surface area contributed by atoms with E-state index < -0.39 is 0 Å². The van der Waals surface area contributed by atoms with Crippen LogP contribution in [0.15, 0.2) is 24.3 Å². The number of nitrogens with zero attached hydrogens (tertiary/aromatic N) is 3. The normalized spacial score (nSPS) is 10.4. The van der Waals surface area contributed by atoms with E-state index >= 15 is 0 Å². The summed E-state index contributed by atoms with van der Waals surface area (Å²) in [6, 6.07) is 8.41. The number of benzene rings is 1. The Morgan fingerprint density at radius 1 is 1.05 bits per heavy atom. The third kappa shape index (κ3) is 2.84. The van der Waals surface area contributed by atoms with E-state index in [0.717, 1.165) is 17.2 Å². The van der Waals surface area contributed by atoms with Crippen molar-refractivity contribution in [1.82, 2.24) is 9.97 Å². The summed E-state index contributed by atoms with van der Waals surface area (Å²) in [6.07, 6.45) is 0. The molecular formula is C15H20N4. The Morgan fingerprint density at radius 2 is 1.79 bits per heavy atom. The fraction of sp³-hybridized carbons (Fsp3) is 0.333. The van der Waals surface area contributed by atoms with Gasteiger partial charge < -0.3 is 10.2 Å². The molecule has 0 fully saturated rings. The lowest BCUT2D eigenvalue weighted by atomic mass is 10.1. The van der Waals surface area contributed by atoms with Gasteiger partial charge in [0.05, 0.1) is 0 Å². The molecule has 0 aliphatic rings. The van der Waals surface area contributed by atoms with Crippen molar-refractivity contribution in [3.05, 3.63) is 41.1 Å². The highest BCUT2D eigenvalue weighted by atomic mass is 15.2. The molecule has 0 spiro atoms. The number of hydrogen-bond acceptors (Lipinski definition) is 4. The number of nitrogens with one attached hydrogen (secondary N) is 1. The average molecular weight is 256 g/mol. The minimum absolute atomic E-state index is 0.645. The van der Waals surface area contributed by atoms with Gasteiger partial charge in [0.25, 0.3) is 0 Å². The highest BCUT2D eigenvalue weighted by molar-refractivity contribution is 5.64. The Balaban J connectivity index is 2.43. The maximum Gasteiger partial charge on any atom is 0.224 e. The van der Waals surface area contributed by atoms with Crippen LogP contribution in [0.25, 0.3) is 0 Å². The lowest BCUT2D eigenvalue weighted by Gasteiger charge is -2.21. The van der Waals surface area contributed by atoms with Crippen LogP contribution >= 0.6 is 0 Å². The second-order valence-electron chi connectivity index (χ2n) is 4.79. The molecule has 0 radical (unpaired) electrons. The van der Waals surface area contributed by atoms with Crippen LogP contribution in [-0.2, 0) is 0 Å². The van der Waals surface area contributed by atoms with Gasteiger partial charge in [0.2, 0.25) is 5.95 Å². The third-order valence-electron chi connectivity index (χ3n) is 3.12. The molecule has 4 heteroatoms. The van der Waals surface area contributed by atoms with Crippen molar-refractivity contribution < 1.29 is 0 Å². The maximum atomic E-state index is 4.50. The largest absolute Gasteiger partial charge is 0.357 e. The Morgan fingerprint density at radius 3 is 2.42 bits per heavy atom. The summed E-state index contributed by atoms with van der Waals surface area (Å²) in [5, 5.41) is 2.99. The van der Waals surface area contributed by atoms with Gasteiger partial charge in [-0.15, -0.1) is 0 Å². The lowest BCUT2D eigenvalue weighted by Crippen LogP contribution is -2.14. The molecule has 2 aromatic rings. The topological polar surface area (TPSA) is 41.1 Å². The van der Waals surface area contributed by atoms with Gasteiger partial charge in [-0.25, -0.2) is 4.98 Å². The molecule has 0 atom stereocenters. The van der Waals surface area contributed by atoms with Crippen molar-refractivity contribution in [2.45, 2.75) is 20.8 Å². The van der Waals surface area contributed by atoms with Gasteiger partial charge in [-0.3, -0.25) is 0 Å². The summed E-state index contributed by atoms with van der Waals surface area (Å²) in [4.78, 5) is 10.9. The monoisotopic (exact) mass is 256 g/mol. The van der Waals surface area contributed by atoms with Gasteiger partial charge in [-0.05, 0) is 32.4 Å². The molecule has 4 nitrogen and oxygen atoms in total. The van der Waals surface area contributed by atoms with Crippen LogP contribution in [0.1, 0.15) is 16.8 Å². The molecule has 1 aromatic heterocycles.